The van der Waals surface area contributed by atoms with Crippen molar-refractivity contribution in [3.05, 3.63) is 70.7 Å². The van der Waals surface area contributed by atoms with Gasteiger partial charge in [0.05, 0.1) is 11.6 Å². The molecule has 1 aliphatic heterocycles. The van der Waals surface area contributed by atoms with Crippen molar-refractivity contribution in [2.75, 3.05) is 23.4 Å². The molecule has 1 atom stereocenters. The molecule has 0 bridgehead atoms. The summed E-state index contributed by atoms with van der Waals surface area (Å²) >= 11 is 3.41. The van der Waals surface area contributed by atoms with Crippen molar-refractivity contribution in [3.63, 3.8) is 0 Å². The molecule has 158 valence electrons. The Morgan fingerprint density at radius 3 is 2.71 bits per heavy atom. The highest BCUT2D eigenvalue weighted by atomic mass is 79.9. The molecule has 0 unspecified atom stereocenters. The van der Waals surface area contributed by atoms with Crippen molar-refractivity contribution in [1.82, 2.24) is 0 Å². The Labute approximate surface area is 188 Å². The number of hydrogen-bond acceptors (Lipinski definition) is 4. The van der Waals surface area contributed by atoms with Crippen molar-refractivity contribution < 1.29 is 19.1 Å². The van der Waals surface area contributed by atoms with Gasteiger partial charge in [-0.05, 0) is 42.1 Å². The third-order valence-corrected chi connectivity index (χ3v) is 6.19. The second-order valence-electron chi connectivity index (χ2n) is 7.52. The number of hydrogen-bond donors (Lipinski definition) is 1. The van der Waals surface area contributed by atoms with Gasteiger partial charge in [0, 0.05) is 28.5 Å². The number of ether oxygens (including phenoxy) is 1. The van der Waals surface area contributed by atoms with Gasteiger partial charge in [-0.25, -0.2) is 0 Å². The lowest BCUT2D eigenvalue weighted by atomic mass is 10.1. The van der Waals surface area contributed by atoms with Gasteiger partial charge < -0.3 is 15.0 Å². The van der Waals surface area contributed by atoms with Gasteiger partial charge in [-0.15, -0.1) is 0 Å². The predicted molar refractivity (Wildman–Crippen MR) is 123 cm³/mol. The van der Waals surface area contributed by atoms with E-state index in [4.69, 9.17) is 4.74 Å². The second kappa shape index (κ2) is 8.89. The van der Waals surface area contributed by atoms with E-state index in [1.54, 1.807) is 11.0 Å². The molecule has 2 amide bonds. The molecule has 3 aromatic rings. The van der Waals surface area contributed by atoms with Gasteiger partial charge in [-0.3, -0.25) is 14.4 Å². The fraction of sp³-hybridized carbons (Fsp3) is 0.208. The normalized spacial score (nSPS) is 15.9. The highest BCUT2D eigenvalue weighted by Gasteiger charge is 2.36. The zero-order valence-corrected chi connectivity index (χ0v) is 18.5. The highest BCUT2D eigenvalue weighted by Crippen LogP contribution is 2.32. The van der Waals surface area contributed by atoms with Gasteiger partial charge in [0.15, 0.2) is 6.61 Å². The monoisotopic (exact) mass is 480 g/mol. The van der Waals surface area contributed by atoms with Crippen LogP contribution in [0.1, 0.15) is 12.0 Å². The number of nitrogens with one attached hydrogen (secondary N) is 1. The van der Waals surface area contributed by atoms with Gasteiger partial charge in [0.2, 0.25) is 5.91 Å². The largest absolute Gasteiger partial charge is 0.455 e. The van der Waals surface area contributed by atoms with Crippen LogP contribution in [0.5, 0.6) is 0 Å². The summed E-state index contributed by atoms with van der Waals surface area (Å²) < 4.78 is 6.14. The zero-order chi connectivity index (χ0) is 22.0. The molecular formula is C24H21BrN2O4. The van der Waals surface area contributed by atoms with Crippen molar-refractivity contribution in [2.45, 2.75) is 13.3 Å². The van der Waals surface area contributed by atoms with Crippen LogP contribution < -0.4 is 10.2 Å². The molecule has 31 heavy (non-hydrogen) atoms. The number of amides is 2. The maximum atomic E-state index is 12.6. The Balaban J connectivity index is 1.37. The van der Waals surface area contributed by atoms with Gasteiger partial charge in [0.1, 0.15) is 0 Å². The molecule has 6 nitrogen and oxygen atoms in total. The molecule has 1 fully saturated rings. The fourth-order valence-corrected chi connectivity index (χ4v) is 3.96. The quantitative estimate of drug-likeness (QED) is 0.547. The summed E-state index contributed by atoms with van der Waals surface area (Å²) in [6.07, 6.45) is 0.0651. The van der Waals surface area contributed by atoms with Crippen LogP contribution in [-0.4, -0.2) is 30.9 Å². The van der Waals surface area contributed by atoms with Crippen molar-refractivity contribution in [3.8, 4) is 0 Å². The van der Waals surface area contributed by atoms with Crippen LogP contribution in [0.25, 0.3) is 10.8 Å². The molecule has 7 heteroatoms. The number of carbonyl (C=O) groups is 3. The summed E-state index contributed by atoms with van der Waals surface area (Å²) in [5, 5.41) is 4.69. The molecule has 1 N–H and O–H groups in total. The first-order chi connectivity index (χ1) is 14.9. The van der Waals surface area contributed by atoms with Crippen LogP contribution in [0.15, 0.2) is 65.1 Å². The van der Waals surface area contributed by atoms with E-state index < -0.39 is 24.4 Å². The van der Waals surface area contributed by atoms with E-state index in [1.165, 1.54) is 0 Å². The van der Waals surface area contributed by atoms with E-state index in [0.29, 0.717) is 5.69 Å². The van der Waals surface area contributed by atoms with Crippen molar-refractivity contribution >= 4 is 55.9 Å². The number of fused-ring (bicyclic) bond motifs is 1. The first-order valence-electron chi connectivity index (χ1n) is 9.93. The van der Waals surface area contributed by atoms with Gasteiger partial charge in [0.25, 0.3) is 5.91 Å². The maximum Gasteiger partial charge on any atom is 0.311 e. The third-order valence-electron chi connectivity index (χ3n) is 5.30. The van der Waals surface area contributed by atoms with Crippen molar-refractivity contribution in [2.24, 2.45) is 5.92 Å². The average Bonchev–Trinajstić information content (AvgIpc) is 3.15. The first kappa shape index (κ1) is 21.1. The summed E-state index contributed by atoms with van der Waals surface area (Å²) in [5.41, 5.74) is 2.38. The summed E-state index contributed by atoms with van der Waals surface area (Å²) in [6, 6.07) is 19.0. The van der Waals surface area contributed by atoms with Crippen LogP contribution in [0.4, 0.5) is 11.4 Å². The second-order valence-corrected chi connectivity index (χ2v) is 8.38. The SMILES string of the molecule is Cc1cc(NC(=O)COC(=O)[C@H]2CC(=O)N(c3cccc4ccccc34)C2)ccc1Br. The number of aryl methyl sites for hydroxylation is 1. The predicted octanol–water partition coefficient (Wildman–Crippen LogP) is 4.45. The van der Waals surface area contributed by atoms with Crippen LogP contribution in [0, 0.1) is 12.8 Å². The molecule has 1 aliphatic rings. The Morgan fingerprint density at radius 1 is 1.13 bits per heavy atom. The maximum absolute atomic E-state index is 12.6. The van der Waals surface area contributed by atoms with E-state index >= 15 is 0 Å². The minimum Gasteiger partial charge on any atom is -0.455 e. The Kier molecular flexibility index (Phi) is 6.04. The average molecular weight is 481 g/mol. The summed E-state index contributed by atoms with van der Waals surface area (Å²) in [6.45, 7) is 1.75. The molecule has 1 heterocycles. The number of carbonyl (C=O) groups excluding carboxylic acids is 3. The Bertz CT molecular complexity index is 1170. The highest BCUT2D eigenvalue weighted by molar-refractivity contribution is 9.10. The van der Waals surface area contributed by atoms with Crippen molar-refractivity contribution in [1.29, 1.82) is 0 Å². The third kappa shape index (κ3) is 4.61. The lowest BCUT2D eigenvalue weighted by Gasteiger charge is -2.18. The molecule has 1 saturated heterocycles. The number of esters is 1. The molecule has 0 radical (unpaired) electrons. The number of halogens is 1. The van der Waals surface area contributed by atoms with E-state index in [2.05, 4.69) is 21.2 Å². The van der Waals surface area contributed by atoms with Crippen LogP contribution >= 0.6 is 15.9 Å². The lowest BCUT2D eigenvalue weighted by molar-refractivity contribution is -0.151. The number of anilines is 2. The van der Waals surface area contributed by atoms with E-state index in [0.717, 1.165) is 26.5 Å². The molecule has 0 aliphatic carbocycles. The topological polar surface area (TPSA) is 75.7 Å². The van der Waals surface area contributed by atoms with Gasteiger partial charge >= 0.3 is 5.97 Å². The Hall–Kier alpha value is -3.19. The number of rotatable bonds is 5. The van der Waals surface area contributed by atoms with Crippen LogP contribution in [0.3, 0.4) is 0 Å². The number of benzene rings is 3. The van der Waals surface area contributed by atoms with Gasteiger partial charge in [-0.2, -0.15) is 0 Å². The lowest BCUT2D eigenvalue weighted by Crippen LogP contribution is -2.28. The Morgan fingerprint density at radius 2 is 1.90 bits per heavy atom. The van der Waals surface area contributed by atoms with Crippen LogP contribution in [0.2, 0.25) is 0 Å². The smallest absolute Gasteiger partial charge is 0.311 e. The van der Waals surface area contributed by atoms with Crippen LogP contribution in [-0.2, 0) is 19.1 Å². The summed E-state index contributed by atoms with van der Waals surface area (Å²) in [5.74, 6) is -1.70. The van der Waals surface area contributed by atoms with E-state index in [-0.39, 0.29) is 18.9 Å². The number of nitrogens with zero attached hydrogens (tertiary/aromatic N) is 1. The summed E-state index contributed by atoms with van der Waals surface area (Å²) in [7, 11) is 0. The molecule has 0 spiro atoms. The zero-order valence-electron chi connectivity index (χ0n) is 16.9. The van der Waals surface area contributed by atoms with E-state index in [9.17, 15) is 14.4 Å². The summed E-state index contributed by atoms with van der Waals surface area (Å²) in [4.78, 5) is 38.9. The minimum atomic E-state index is -0.603. The minimum absolute atomic E-state index is 0.0651. The first-order valence-corrected chi connectivity index (χ1v) is 10.7. The molecule has 3 aromatic carbocycles. The van der Waals surface area contributed by atoms with Gasteiger partial charge in [-0.1, -0.05) is 52.3 Å². The molecule has 4 rings (SSSR count). The molecule has 0 aromatic heterocycles. The molecule has 0 saturated carbocycles. The van der Waals surface area contributed by atoms with E-state index in [1.807, 2.05) is 61.5 Å². The fourth-order valence-electron chi connectivity index (χ4n) is 3.72. The molecular weight excluding hydrogens is 460 g/mol. The standard InChI is InChI=1S/C24H21BrN2O4/c1-15-11-18(9-10-20(15)25)26-22(28)14-31-24(30)17-12-23(29)27(13-17)21-8-4-6-16-5-2-3-7-19(16)21/h2-11,17H,12-14H2,1H3,(H,26,28)/t17-/m0/s1.